The number of carbonyl (C=O) groups excluding carboxylic acids is 1. The van der Waals surface area contributed by atoms with Crippen molar-refractivity contribution in [3.63, 3.8) is 0 Å². The van der Waals surface area contributed by atoms with Crippen LogP contribution in [-0.4, -0.2) is 22.9 Å². The van der Waals surface area contributed by atoms with Crippen molar-refractivity contribution >= 4 is 23.3 Å². The zero-order valence-electron chi connectivity index (χ0n) is 10.7. The monoisotopic (exact) mass is 279 g/mol. The SMILES string of the molecule is COC(=O)c1ccc(Cl)cc1NCc1ccnn1C. The van der Waals surface area contributed by atoms with Gasteiger partial charge in [-0.15, -0.1) is 0 Å². The zero-order valence-corrected chi connectivity index (χ0v) is 11.4. The number of esters is 1. The number of ether oxygens (including phenoxy) is 1. The molecule has 0 fully saturated rings. The average Bonchev–Trinajstić information content (AvgIpc) is 2.81. The van der Waals surface area contributed by atoms with Gasteiger partial charge in [-0.25, -0.2) is 4.79 Å². The first-order valence-electron chi connectivity index (χ1n) is 5.70. The van der Waals surface area contributed by atoms with Crippen molar-refractivity contribution in [2.24, 2.45) is 7.05 Å². The molecule has 100 valence electrons. The van der Waals surface area contributed by atoms with Crippen molar-refractivity contribution in [2.45, 2.75) is 6.54 Å². The topological polar surface area (TPSA) is 56.1 Å². The Kier molecular flexibility index (Phi) is 4.06. The van der Waals surface area contributed by atoms with Gasteiger partial charge >= 0.3 is 5.97 Å². The molecule has 19 heavy (non-hydrogen) atoms. The largest absolute Gasteiger partial charge is 0.465 e. The van der Waals surface area contributed by atoms with E-state index in [1.165, 1.54) is 7.11 Å². The summed E-state index contributed by atoms with van der Waals surface area (Å²) in [5.74, 6) is -0.399. The zero-order chi connectivity index (χ0) is 13.8. The lowest BCUT2D eigenvalue weighted by Crippen LogP contribution is -2.10. The first-order chi connectivity index (χ1) is 9.11. The van der Waals surface area contributed by atoms with Crippen LogP contribution in [0.5, 0.6) is 0 Å². The molecule has 2 aromatic rings. The van der Waals surface area contributed by atoms with E-state index in [1.807, 2.05) is 13.1 Å². The van der Waals surface area contributed by atoms with Gasteiger partial charge in [0.1, 0.15) is 0 Å². The number of hydrogen-bond acceptors (Lipinski definition) is 4. The predicted molar refractivity (Wildman–Crippen MR) is 73.3 cm³/mol. The van der Waals surface area contributed by atoms with Crippen molar-refractivity contribution in [2.75, 3.05) is 12.4 Å². The van der Waals surface area contributed by atoms with E-state index in [4.69, 9.17) is 16.3 Å². The standard InChI is InChI=1S/C13H14ClN3O2/c1-17-10(5-6-16-17)8-15-12-7-9(14)3-4-11(12)13(18)19-2/h3-7,15H,8H2,1-2H3. The van der Waals surface area contributed by atoms with Gasteiger partial charge < -0.3 is 10.1 Å². The highest BCUT2D eigenvalue weighted by molar-refractivity contribution is 6.31. The third-order valence-corrected chi connectivity index (χ3v) is 3.00. The Bertz CT molecular complexity index is 595. The first-order valence-corrected chi connectivity index (χ1v) is 6.08. The lowest BCUT2D eigenvalue weighted by molar-refractivity contribution is 0.0602. The van der Waals surface area contributed by atoms with Crippen LogP contribution < -0.4 is 5.32 Å². The van der Waals surface area contributed by atoms with Crippen molar-refractivity contribution in [3.8, 4) is 0 Å². The van der Waals surface area contributed by atoms with Gasteiger partial charge in [0.2, 0.25) is 0 Å². The lowest BCUT2D eigenvalue weighted by atomic mass is 10.1. The molecule has 1 aromatic heterocycles. The van der Waals surface area contributed by atoms with Gasteiger partial charge in [-0.1, -0.05) is 11.6 Å². The summed E-state index contributed by atoms with van der Waals surface area (Å²) in [4.78, 5) is 11.7. The number of anilines is 1. The molecule has 0 unspecified atom stereocenters. The Hall–Kier alpha value is -2.01. The smallest absolute Gasteiger partial charge is 0.339 e. The van der Waals surface area contributed by atoms with Gasteiger partial charge in [-0.3, -0.25) is 4.68 Å². The minimum absolute atomic E-state index is 0.399. The Labute approximate surface area is 116 Å². The highest BCUT2D eigenvalue weighted by Crippen LogP contribution is 2.22. The highest BCUT2D eigenvalue weighted by atomic mass is 35.5. The molecule has 0 saturated carbocycles. The van der Waals surface area contributed by atoms with Crippen molar-refractivity contribution in [1.29, 1.82) is 0 Å². The number of aromatic nitrogens is 2. The van der Waals surface area contributed by atoms with Crippen molar-refractivity contribution in [1.82, 2.24) is 9.78 Å². The second-order valence-electron chi connectivity index (χ2n) is 3.98. The molecule has 5 nitrogen and oxygen atoms in total. The quantitative estimate of drug-likeness (QED) is 0.874. The van der Waals surface area contributed by atoms with E-state index < -0.39 is 5.97 Å². The van der Waals surface area contributed by atoms with Gasteiger partial charge in [-0.05, 0) is 24.3 Å². The van der Waals surface area contributed by atoms with Crippen LogP contribution in [-0.2, 0) is 18.3 Å². The molecule has 1 N–H and O–H groups in total. The first kappa shape index (κ1) is 13.4. The fourth-order valence-electron chi connectivity index (χ4n) is 1.71. The number of benzene rings is 1. The number of nitrogens with zero attached hydrogens (tertiary/aromatic N) is 2. The van der Waals surface area contributed by atoms with Crippen LogP contribution in [0.3, 0.4) is 0 Å². The van der Waals surface area contributed by atoms with Crippen LogP contribution in [0, 0.1) is 0 Å². The molecule has 0 atom stereocenters. The summed E-state index contributed by atoms with van der Waals surface area (Å²) in [5.41, 5.74) is 2.09. The van der Waals surface area contributed by atoms with Gasteiger partial charge in [0.15, 0.2) is 0 Å². The molecule has 2 rings (SSSR count). The summed E-state index contributed by atoms with van der Waals surface area (Å²) in [6, 6.07) is 6.89. The van der Waals surface area contributed by atoms with Crippen LogP contribution in [0.2, 0.25) is 5.02 Å². The van der Waals surface area contributed by atoms with E-state index in [-0.39, 0.29) is 0 Å². The maximum absolute atomic E-state index is 11.7. The van der Waals surface area contributed by atoms with E-state index in [1.54, 1.807) is 29.1 Å². The number of hydrogen-bond donors (Lipinski definition) is 1. The molecule has 0 spiro atoms. The number of nitrogens with one attached hydrogen (secondary N) is 1. The average molecular weight is 280 g/mol. The van der Waals surface area contributed by atoms with Crippen LogP contribution in [0.25, 0.3) is 0 Å². The molecule has 1 heterocycles. The van der Waals surface area contributed by atoms with Crippen LogP contribution in [0.15, 0.2) is 30.5 Å². The molecule has 0 aliphatic heterocycles. The molecular formula is C13H14ClN3O2. The summed E-state index contributed by atoms with van der Waals surface area (Å²) >= 11 is 5.95. The summed E-state index contributed by atoms with van der Waals surface area (Å²) in [7, 11) is 3.21. The van der Waals surface area contributed by atoms with Gasteiger partial charge in [0, 0.05) is 18.3 Å². The van der Waals surface area contributed by atoms with Crippen molar-refractivity contribution in [3.05, 3.63) is 46.7 Å². The highest BCUT2D eigenvalue weighted by Gasteiger charge is 2.12. The van der Waals surface area contributed by atoms with E-state index in [0.717, 1.165) is 5.69 Å². The normalized spacial score (nSPS) is 10.3. The molecule has 6 heteroatoms. The van der Waals surface area contributed by atoms with E-state index in [2.05, 4.69) is 10.4 Å². The fraction of sp³-hybridized carbons (Fsp3) is 0.231. The van der Waals surface area contributed by atoms with Gasteiger partial charge in [0.05, 0.1) is 30.6 Å². The van der Waals surface area contributed by atoms with Gasteiger partial charge in [0.25, 0.3) is 0 Å². The second kappa shape index (κ2) is 5.75. The number of halogens is 1. The Morgan fingerprint density at radius 3 is 2.89 bits per heavy atom. The predicted octanol–water partition coefficient (Wildman–Crippen LogP) is 2.47. The molecular weight excluding hydrogens is 266 g/mol. The molecule has 0 saturated heterocycles. The van der Waals surface area contributed by atoms with Crippen molar-refractivity contribution < 1.29 is 9.53 Å². The van der Waals surface area contributed by atoms with Crippen LogP contribution in [0.1, 0.15) is 16.1 Å². The van der Waals surface area contributed by atoms with Crippen LogP contribution in [0.4, 0.5) is 5.69 Å². The molecule has 0 radical (unpaired) electrons. The number of aryl methyl sites for hydroxylation is 1. The van der Waals surface area contributed by atoms with Gasteiger partial charge in [-0.2, -0.15) is 5.10 Å². The summed E-state index contributed by atoms with van der Waals surface area (Å²) in [5, 5.41) is 7.80. The summed E-state index contributed by atoms with van der Waals surface area (Å²) in [6.45, 7) is 0.542. The van der Waals surface area contributed by atoms with Crippen LogP contribution >= 0.6 is 11.6 Å². The summed E-state index contributed by atoms with van der Waals surface area (Å²) < 4.78 is 6.50. The molecule has 0 amide bonds. The number of carbonyl (C=O) groups is 1. The molecule has 0 aliphatic carbocycles. The molecule has 1 aromatic carbocycles. The van der Waals surface area contributed by atoms with E-state index in [9.17, 15) is 4.79 Å². The minimum Gasteiger partial charge on any atom is -0.465 e. The molecule has 0 bridgehead atoms. The third-order valence-electron chi connectivity index (χ3n) is 2.77. The molecule has 0 aliphatic rings. The maximum Gasteiger partial charge on any atom is 0.339 e. The summed E-state index contributed by atoms with van der Waals surface area (Å²) in [6.07, 6.45) is 1.72. The minimum atomic E-state index is -0.399. The lowest BCUT2D eigenvalue weighted by Gasteiger charge is -2.11. The number of methoxy groups -OCH3 is 1. The van der Waals surface area contributed by atoms with E-state index in [0.29, 0.717) is 22.8 Å². The van der Waals surface area contributed by atoms with E-state index >= 15 is 0 Å². The Morgan fingerprint density at radius 1 is 1.47 bits per heavy atom. The Morgan fingerprint density at radius 2 is 2.26 bits per heavy atom. The fourth-order valence-corrected chi connectivity index (χ4v) is 1.88. The number of rotatable bonds is 4. The second-order valence-corrected chi connectivity index (χ2v) is 4.42. The maximum atomic E-state index is 11.7. The third kappa shape index (κ3) is 3.06. The Balaban J connectivity index is 2.21.